The molecule has 0 saturated heterocycles. The minimum atomic E-state index is -0.463. The number of ether oxygens (including phenoxy) is 2. The highest BCUT2D eigenvalue weighted by Crippen LogP contribution is 2.42. The van der Waals surface area contributed by atoms with Crippen molar-refractivity contribution in [3.63, 3.8) is 0 Å². The smallest absolute Gasteiger partial charge is 0.346 e. The molecule has 0 aliphatic carbocycles. The maximum Gasteiger partial charge on any atom is 0.346 e. The first kappa shape index (κ1) is 16.6. The highest BCUT2D eigenvalue weighted by molar-refractivity contribution is 6.15. The van der Waals surface area contributed by atoms with Crippen LogP contribution in [0, 0.1) is 11.3 Å². The molecule has 2 aromatic heterocycles. The molecule has 1 aliphatic heterocycles. The fraction of sp³-hybridized carbons (Fsp3) is 0.0417. The van der Waals surface area contributed by atoms with Crippen molar-refractivity contribution in [2.24, 2.45) is 0 Å². The summed E-state index contributed by atoms with van der Waals surface area (Å²) in [7, 11) is 0. The quantitative estimate of drug-likeness (QED) is 0.232. The van der Waals surface area contributed by atoms with Crippen LogP contribution in [0.2, 0.25) is 0 Å². The summed E-state index contributed by atoms with van der Waals surface area (Å²) in [4.78, 5) is 17.9. The first-order valence-electron chi connectivity index (χ1n) is 9.32. The summed E-state index contributed by atoms with van der Waals surface area (Å²) in [5.41, 5.74) is 3.28. The van der Waals surface area contributed by atoms with E-state index in [4.69, 9.17) is 24.1 Å². The lowest BCUT2D eigenvalue weighted by Crippen LogP contribution is -2.04. The summed E-state index contributed by atoms with van der Waals surface area (Å²) >= 11 is 0. The van der Waals surface area contributed by atoms with E-state index in [1.807, 2.05) is 42.5 Å². The molecule has 1 aliphatic rings. The van der Waals surface area contributed by atoms with Crippen LogP contribution in [0.5, 0.6) is 11.5 Å². The van der Waals surface area contributed by atoms with Crippen molar-refractivity contribution >= 4 is 32.8 Å². The van der Waals surface area contributed by atoms with Crippen LogP contribution in [-0.4, -0.2) is 11.8 Å². The summed E-state index contributed by atoms with van der Waals surface area (Å²) in [5.74, 6) is 1.22. The third kappa shape index (κ3) is 2.29. The fourth-order valence-corrected chi connectivity index (χ4v) is 3.96. The number of benzene rings is 3. The zero-order valence-corrected chi connectivity index (χ0v) is 15.5. The summed E-state index contributed by atoms with van der Waals surface area (Å²) in [6.07, 6.45) is 0. The van der Waals surface area contributed by atoms with Gasteiger partial charge in [0.25, 0.3) is 0 Å². The lowest BCUT2D eigenvalue weighted by atomic mass is 9.95. The molecule has 142 valence electrons. The summed E-state index contributed by atoms with van der Waals surface area (Å²) in [6, 6.07) is 20.2. The first-order chi connectivity index (χ1) is 14.7. The Morgan fingerprint density at radius 2 is 1.70 bits per heavy atom. The normalized spacial score (nSPS) is 12.5. The van der Waals surface area contributed by atoms with Crippen molar-refractivity contribution in [1.29, 1.82) is 5.26 Å². The Bertz CT molecular complexity index is 1590. The number of hydrogen-bond donors (Lipinski definition) is 0. The number of rotatable bonds is 1. The highest BCUT2D eigenvalue weighted by Gasteiger charge is 2.22. The molecule has 6 rings (SSSR count). The van der Waals surface area contributed by atoms with Crippen molar-refractivity contribution < 1.29 is 13.9 Å². The van der Waals surface area contributed by atoms with E-state index in [0.717, 1.165) is 16.3 Å². The maximum absolute atomic E-state index is 13.1. The Morgan fingerprint density at radius 3 is 2.50 bits per heavy atom. The average Bonchev–Trinajstić information content (AvgIpc) is 3.24. The molecule has 3 aromatic carbocycles. The maximum atomic E-state index is 13.1. The van der Waals surface area contributed by atoms with Crippen molar-refractivity contribution in [3.8, 4) is 28.7 Å². The highest BCUT2D eigenvalue weighted by atomic mass is 16.7. The summed E-state index contributed by atoms with van der Waals surface area (Å²) < 4.78 is 16.7. The van der Waals surface area contributed by atoms with E-state index in [1.165, 1.54) is 0 Å². The minimum Gasteiger partial charge on any atom is -0.454 e. The molecule has 0 saturated carbocycles. The van der Waals surface area contributed by atoms with Crippen molar-refractivity contribution in [1.82, 2.24) is 4.98 Å². The van der Waals surface area contributed by atoms with E-state index < -0.39 is 5.63 Å². The molecular weight excluding hydrogens is 380 g/mol. The second-order valence-corrected chi connectivity index (χ2v) is 7.01. The third-order valence-electron chi connectivity index (χ3n) is 5.33. The van der Waals surface area contributed by atoms with Gasteiger partial charge in [0.2, 0.25) is 6.79 Å². The number of fused-ring (bicyclic) bond motifs is 5. The Balaban J connectivity index is 1.85. The Labute approximate surface area is 169 Å². The molecule has 5 aromatic rings. The van der Waals surface area contributed by atoms with Gasteiger partial charge in [0.1, 0.15) is 5.58 Å². The topological polar surface area (TPSA) is 85.4 Å². The van der Waals surface area contributed by atoms with E-state index in [-0.39, 0.29) is 6.79 Å². The monoisotopic (exact) mass is 392 g/mol. The predicted octanol–water partition coefficient (Wildman–Crippen LogP) is 4.76. The van der Waals surface area contributed by atoms with Crippen LogP contribution >= 0.6 is 0 Å². The van der Waals surface area contributed by atoms with Gasteiger partial charge in [0.15, 0.2) is 11.5 Å². The predicted molar refractivity (Wildman–Crippen MR) is 112 cm³/mol. The second kappa shape index (κ2) is 6.06. The zero-order chi connectivity index (χ0) is 20.2. The second-order valence-electron chi connectivity index (χ2n) is 7.01. The average molecular weight is 392 g/mol. The largest absolute Gasteiger partial charge is 0.454 e. The Morgan fingerprint density at radius 1 is 0.933 bits per heavy atom. The van der Waals surface area contributed by atoms with Gasteiger partial charge in [-0.25, -0.2) is 9.78 Å². The van der Waals surface area contributed by atoms with Gasteiger partial charge in [-0.2, -0.15) is 5.26 Å². The lowest BCUT2D eigenvalue weighted by Gasteiger charge is -2.12. The Kier molecular flexibility index (Phi) is 3.35. The molecule has 0 atom stereocenters. The van der Waals surface area contributed by atoms with Gasteiger partial charge < -0.3 is 13.9 Å². The van der Waals surface area contributed by atoms with Gasteiger partial charge >= 0.3 is 5.63 Å². The van der Waals surface area contributed by atoms with Crippen LogP contribution in [0.15, 0.2) is 69.9 Å². The zero-order valence-electron chi connectivity index (χ0n) is 15.5. The number of para-hydroxylation sites is 1. The van der Waals surface area contributed by atoms with Gasteiger partial charge in [-0.15, -0.1) is 0 Å². The lowest BCUT2D eigenvalue weighted by molar-refractivity contribution is 0.174. The summed E-state index contributed by atoms with van der Waals surface area (Å²) in [6.45, 7) is 0.141. The molecule has 0 spiro atoms. The van der Waals surface area contributed by atoms with Crippen LogP contribution in [0.25, 0.3) is 43.9 Å². The van der Waals surface area contributed by atoms with E-state index >= 15 is 0 Å². The molecule has 0 bridgehead atoms. The molecular formula is C24H12N2O4. The van der Waals surface area contributed by atoms with Crippen molar-refractivity contribution in [3.05, 3.63) is 76.6 Å². The van der Waals surface area contributed by atoms with E-state index in [1.54, 1.807) is 18.2 Å². The van der Waals surface area contributed by atoms with E-state index in [9.17, 15) is 4.79 Å². The SMILES string of the molecule is N#Cc1ccc(-c2c3cc4c(cc3nc3c2c(=O)oc2ccccc23)OCO4)cc1. The van der Waals surface area contributed by atoms with Crippen molar-refractivity contribution in [2.75, 3.05) is 6.79 Å². The van der Waals surface area contributed by atoms with Gasteiger partial charge in [-0.3, -0.25) is 0 Å². The number of pyridine rings is 1. The molecule has 0 radical (unpaired) electrons. The van der Waals surface area contributed by atoms with Gasteiger partial charge in [-0.1, -0.05) is 24.3 Å². The Hall–Kier alpha value is -4.37. The summed E-state index contributed by atoms with van der Waals surface area (Å²) in [5, 5.41) is 11.0. The molecule has 3 heterocycles. The molecule has 0 fully saturated rings. The molecule has 0 unspecified atom stereocenters. The third-order valence-corrected chi connectivity index (χ3v) is 5.33. The molecule has 6 heteroatoms. The first-order valence-corrected chi connectivity index (χ1v) is 9.32. The fourth-order valence-electron chi connectivity index (χ4n) is 3.96. The molecule has 0 N–H and O–H groups in total. The molecule has 30 heavy (non-hydrogen) atoms. The number of nitrogens with zero attached hydrogens (tertiary/aromatic N) is 2. The number of hydrogen-bond acceptors (Lipinski definition) is 6. The van der Waals surface area contributed by atoms with Crippen LogP contribution in [0.1, 0.15) is 5.56 Å². The van der Waals surface area contributed by atoms with Crippen LogP contribution in [-0.2, 0) is 0 Å². The van der Waals surface area contributed by atoms with Crippen LogP contribution in [0.3, 0.4) is 0 Å². The van der Waals surface area contributed by atoms with E-state index in [2.05, 4.69) is 6.07 Å². The van der Waals surface area contributed by atoms with Crippen LogP contribution in [0.4, 0.5) is 0 Å². The number of aromatic nitrogens is 1. The van der Waals surface area contributed by atoms with Gasteiger partial charge in [0.05, 0.1) is 28.1 Å². The minimum absolute atomic E-state index is 0.141. The standard InChI is InChI=1S/C24H12N2O4/c25-11-13-5-7-14(8-6-13)21-16-9-19-20(29-12-28-19)10-17(16)26-23-15-3-1-2-4-18(15)30-24(27)22(21)23/h1-10H,12H2. The van der Waals surface area contributed by atoms with Crippen LogP contribution < -0.4 is 15.1 Å². The number of nitriles is 1. The van der Waals surface area contributed by atoms with Crippen molar-refractivity contribution in [2.45, 2.75) is 0 Å². The molecule has 0 amide bonds. The molecule has 6 nitrogen and oxygen atoms in total. The van der Waals surface area contributed by atoms with E-state index in [0.29, 0.717) is 44.6 Å². The van der Waals surface area contributed by atoms with Gasteiger partial charge in [-0.05, 0) is 35.9 Å². The van der Waals surface area contributed by atoms with Gasteiger partial charge in [0, 0.05) is 22.4 Å².